The van der Waals surface area contributed by atoms with E-state index in [-0.39, 0.29) is 28.4 Å². The molecule has 0 fully saturated rings. The second kappa shape index (κ2) is 9.38. The third-order valence-corrected chi connectivity index (χ3v) is 6.84. The van der Waals surface area contributed by atoms with Gasteiger partial charge in [0.05, 0.1) is 29.4 Å². The summed E-state index contributed by atoms with van der Waals surface area (Å²) in [5.41, 5.74) is -1.83. The van der Waals surface area contributed by atoms with E-state index >= 15 is 0 Å². The normalized spacial score (nSPS) is 13.3. The molecule has 0 unspecified atom stereocenters. The average Bonchev–Trinajstić information content (AvgIpc) is 3.43. The fraction of sp³-hybridized carbons (Fsp3) is 0.350. The van der Waals surface area contributed by atoms with Crippen molar-refractivity contribution in [3.8, 4) is 23.0 Å². The van der Waals surface area contributed by atoms with Gasteiger partial charge >= 0.3 is 18.3 Å². The van der Waals surface area contributed by atoms with E-state index in [2.05, 4.69) is 29.9 Å². The number of rotatable bonds is 7. The lowest BCUT2D eigenvalue weighted by Crippen LogP contribution is -2.41. The van der Waals surface area contributed by atoms with Gasteiger partial charge in [-0.3, -0.25) is 0 Å². The molecular formula is C20H15F8N7O3S. The van der Waals surface area contributed by atoms with Crippen LogP contribution in [0.1, 0.15) is 18.3 Å². The minimum absolute atomic E-state index is 0.0543. The maximum absolute atomic E-state index is 13.1. The second-order valence-corrected chi connectivity index (χ2v) is 10.1. The van der Waals surface area contributed by atoms with Crippen LogP contribution < -0.4 is 4.74 Å². The van der Waals surface area contributed by atoms with Crippen molar-refractivity contribution in [2.75, 3.05) is 12.4 Å². The Morgan fingerprint density at radius 3 is 2.23 bits per heavy atom. The zero-order valence-electron chi connectivity index (χ0n) is 19.6. The first kappa shape index (κ1) is 28.1. The number of aromatic nitrogens is 7. The Bertz CT molecular complexity index is 1630. The molecule has 0 aliphatic rings. The molecule has 0 saturated carbocycles. The monoisotopic (exact) mass is 585 g/mol. The molecule has 210 valence electrons. The molecule has 0 spiro atoms. The van der Waals surface area contributed by atoms with E-state index in [9.17, 15) is 43.5 Å². The number of hydrogen-bond donors (Lipinski definition) is 0. The summed E-state index contributed by atoms with van der Waals surface area (Å²) < 4.78 is 135. The number of aryl methyl sites for hydroxylation is 1. The van der Waals surface area contributed by atoms with E-state index in [1.54, 1.807) is 0 Å². The van der Waals surface area contributed by atoms with Gasteiger partial charge in [0.15, 0.2) is 38.6 Å². The van der Waals surface area contributed by atoms with Gasteiger partial charge in [-0.25, -0.2) is 32.6 Å². The van der Waals surface area contributed by atoms with Gasteiger partial charge in [0, 0.05) is 18.0 Å². The lowest BCUT2D eigenvalue weighted by molar-refractivity contribution is -0.290. The number of hydrogen-bond acceptors (Lipinski definition) is 8. The van der Waals surface area contributed by atoms with E-state index in [1.165, 1.54) is 26.1 Å². The zero-order chi connectivity index (χ0) is 29.0. The highest BCUT2D eigenvalue weighted by molar-refractivity contribution is 7.91. The number of halogens is 8. The van der Waals surface area contributed by atoms with Gasteiger partial charge in [-0.1, -0.05) is 6.92 Å². The molecule has 0 atom stereocenters. The van der Waals surface area contributed by atoms with E-state index in [1.807, 2.05) is 0 Å². The predicted octanol–water partition coefficient (Wildman–Crippen LogP) is 4.07. The Kier molecular flexibility index (Phi) is 6.76. The molecule has 0 amide bonds. The minimum Gasteiger partial charge on any atom is -0.470 e. The van der Waals surface area contributed by atoms with Crippen molar-refractivity contribution >= 4 is 15.5 Å². The van der Waals surface area contributed by atoms with Crippen molar-refractivity contribution in [3.63, 3.8) is 0 Å². The summed E-state index contributed by atoms with van der Waals surface area (Å²) in [4.78, 5) is 11.7. The zero-order valence-corrected chi connectivity index (χ0v) is 20.4. The lowest BCUT2D eigenvalue weighted by atomic mass is 10.2. The van der Waals surface area contributed by atoms with Gasteiger partial charge in [-0.15, -0.1) is 0 Å². The van der Waals surface area contributed by atoms with Crippen molar-refractivity contribution < 1.29 is 48.3 Å². The fourth-order valence-electron chi connectivity index (χ4n) is 3.21. The molecule has 0 saturated heterocycles. The fourth-order valence-corrected chi connectivity index (χ4v) is 4.20. The number of nitrogens with zero attached hydrogens (tertiary/aromatic N) is 7. The van der Waals surface area contributed by atoms with E-state index in [4.69, 9.17) is 0 Å². The quantitative estimate of drug-likeness (QED) is 0.298. The molecule has 0 bridgehead atoms. The topological polar surface area (TPSA) is 117 Å². The van der Waals surface area contributed by atoms with Crippen LogP contribution >= 0.6 is 0 Å². The number of sulfone groups is 1. The number of alkyl halides is 8. The summed E-state index contributed by atoms with van der Waals surface area (Å²) in [6, 6.07) is 2.01. The highest BCUT2D eigenvalue weighted by Crippen LogP contribution is 2.36. The molecular weight excluding hydrogens is 570 g/mol. The minimum atomic E-state index is -5.86. The van der Waals surface area contributed by atoms with Gasteiger partial charge in [0.25, 0.3) is 0 Å². The van der Waals surface area contributed by atoms with E-state index < -0.39 is 57.1 Å². The first-order chi connectivity index (χ1) is 17.9. The van der Waals surface area contributed by atoms with Crippen LogP contribution in [-0.4, -0.2) is 67.2 Å². The lowest BCUT2D eigenvalue weighted by Gasteiger charge is -2.19. The standard InChI is InChI=1S/C20H15F8N7O3S/c1-3-39(36,37)17-15(11-7-30-14(8-29-11)38-9-18(21,22)20(26,27)28)16-31-13(4-5-34(16)33-17)35-10(2)6-12(32-35)19(23,24)25/h4-8H,3,9H2,1-2H3. The summed E-state index contributed by atoms with van der Waals surface area (Å²) in [6.45, 7) is 0.576. The van der Waals surface area contributed by atoms with Crippen molar-refractivity contribution in [1.29, 1.82) is 0 Å². The molecule has 0 N–H and O–H groups in total. The molecule has 0 radical (unpaired) electrons. The Morgan fingerprint density at radius 1 is 1.00 bits per heavy atom. The predicted molar refractivity (Wildman–Crippen MR) is 115 cm³/mol. The van der Waals surface area contributed by atoms with Crippen LogP contribution in [0, 0.1) is 6.92 Å². The third-order valence-electron chi connectivity index (χ3n) is 5.21. The largest absolute Gasteiger partial charge is 0.470 e. The van der Waals surface area contributed by atoms with Crippen molar-refractivity contribution in [2.24, 2.45) is 0 Å². The molecule has 0 aliphatic heterocycles. The smallest absolute Gasteiger partial charge is 0.456 e. The van der Waals surface area contributed by atoms with Crippen molar-refractivity contribution in [1.82, 2.24) is 34.3 Å². The van der Waals surface area contributed by atoms with Crippen molar-refractivity contribution in [2.45, 2.75) is 37.1 Å². The second-order valence-electron chi connectivity index (χ2n) is 7.95. The molecule has 10 nitrogen and oxygen atoms in total. The molecule has 4 heterocycles. The van der Waals surface area contributed by atoms with Gasteiger partial charge < -0.3 is 4.74 Å². The Hall–Kier alpha value is -3.90. The van der Waals surface area contributed by atoms with Crippen LogP contribution in [-0.2, 0) is 16.0 Å². The van der Waals surface area contributed by atoms with E-state index in [0.717, 1.165) is 21.5 Å². The SMILES string of the molecule is CCS(=O)(=O)c1nn2ccc(-n3nc(C(F)(F)F)cc3C)nc2c1-c1cnc(OCC(F)(F)C(F)(F)F)cn1. The highest BCUT2D eigenvalue weighted by Gasteiger charge is 2.58. The summed E-state index contributed by atoms with van der Waals surface area (Å²) in [6.07, 6.45) is -7.87. The molecule has 4 aromatic heterocycles. The molecule has 19 heteroatoms. The maximum Gasteiger partial charge on any atom is 0.456 e. The van der Waals surface area contributed by atoms with Crippen LogP contribution in [0.3, 0.4) is 0 Å². The van der Waals surface area contributed by atoms with Crippen LogP contribution in [0.2, 0.25) is 0 Å². The maximum atomic E-state index is 13.1. The van der Waals surface area contributed by atoms with Crippen molar-refractivity contribution in [3.05, 3.63) is 42.1 Å². The Labute approximate surface area is 213 Å². The number of ether oxygens (including phenoxy) is 1. The van der Waals surface area contributed by atoms with Crippen LogP contribution in [0.25, 0.3) is 22.7 Å². The summed E-state index contributed by atoms with van der Waals surface area (Å²) in [5.74, 6) is -6.46. The third kappa shape index (κ3) is 5.34. The summed E-state index contributed by atoms with van der Waals surface area (Å²) >= 11 is 0. The van der Waals surface area contributed by atoms with Crippen LogP contribution in [0.15, 0.2) is 35.7 Å². The van der Waals surface area contributed by atoms with Gasteiger partial charge in [0.1, 0.15) is 0 Å². The molecule has 0 aliphatic carbocycles. The average molecular weight is 585 g/mol. The molecule has 39 heavy (non-hydrogen) atoms. The molecule has 4 aromatic rings. The van der Waals surface area contributed by atoms with Crippen LogP contribution in [0.4, 0.5) is 35.1 Å². The Morgan fingerprint density at radius 2 is 1.69 bits per heavy atom. The first-order valence-electron chi connectivity index (χ1n) is 10.6. The number of fused-ring (bicyclic) bond motifs is 1. The first-order valence-corrected chi connectivity index (χ1v) is 12.3. The summed E-state index contributed by atoms with van der Waals surface area (Å²) in [5, 5.41) is 6.95. The van der Waals surface area contributed by atoms with Gasteiger partial charge in [0.2, 0.25) is 5.88 Å². The highest BCUT2D eigenvalue weighted by atomic mass is 32.2. The summed E-state index contributed by atoms with van der Waals surface area (Å²) in [7, 11) is -4.06. The van der Waals surface area contributed by atoms with Gasteiger partial charge in [-0.05, 0) is 13.0 Å². The van der Waals surface area contributed by atoms with E-state index in [0.29, 0.717) is 6.20 Å². The Balaban J connectivity index is 1.80. The molecule has 0 aromatic carbocycles. The molecule has 4 rings (SSSR count). The van der Waals surface area contributed by atoms with Crippen LogP contribution in [0.5, 0.6) is 5.88 Å². The van der Waals surface area contributed by atoms with Gasteiger partial charge in [-0.2, -0.15) is 45.3 Å².